The molecule has 0 aromatic carbocycles. The second-order valence-electron chi connectivity index (χ2n) is 5.07. The fourth-order valence-electron chi connectivity index (χ4n) is 2.08. The van der Waals surface area contributed by atoms with Crippen LogP contribution in [0, 0.1) is 11.8 Å². The molecule has 0 bridgehead atoms. The molecule has 0 radical (unpaired) electrons. The maximum Gasteiger partial charge on any atom is 0.326 e. The highest BCUT2D eigenvalue weighted by atomic mass is 16.5. The van der Waals surface area contributed by atoms with Crippen LogP contribution in [0.4, 0.5) is 0 Å². The van der Waals surface area contributed by atoms with Crippen LogP contribution in [0.15, 0.2) is 0 Å². The van der Waals surface area contributed by atoms with Gasteiger partial charge in [-0.3, -0.25) is 19.2 Å². The fourth-order valence-corrected chi connectivity index (χ4v) is 2.08. The Morgan fingerprint density at radius 2 is 1.52 bits per heavy atom. The van der Waals surface area contributed by atoms with Crippen molar-refractivity contribution < 1.29 is 43.3 Å². The summed E-state index contributed by atoms with van der Waals surface area (Å²) in [6, 6.07) is -1.56. The SMILES string of the molecule is CCOC(=O)CCC(=O)N[C@H](C(=O)O)[C@H](C)C(C(=O)OC)C(=O)OC. The first kappa shape index (κ1) is 22.4. The molecule has 142 valence electrons. The van der Waals surface area contributed by atoms with E-state index in [-0.39, 0.29) is 19.4 Å². The Morgan fingerprint density at radius 1 is 1.00 bits per heavy atom. The van der Waals surface area contributed by atoms with Gasteiger partial charge in [-0.2, -0.15) is 0 Å². The van der Waals surface area contributed by atoms with Gasteiger partial charge in [0.05, 0.1) is 27.2 Å². The molecule has 0 fully saturated rings. The first-order valence-corrected chi connectivity index (χ1v) is 7.52. The lowest BCUT2D eigenvalue weighted by molar-refractivity contribution is -0.163. The fraction of sp³-hybridized carbons (Fsp3) is 0.667. The number of rotatable bonds is 10. The van der Waals surface area contributed by atoms with Gasteiger partial charge in [0.2, 0.25) is 5.91 Å². The zero-order chi connectivity index (χ0) is 19.6. The van der Waals surface area contributed by atoms with Crippen LogP contribution in [-0.2, 0) is 38.2 Å². The molecule has 0 aromatic rings. The molecule has 1 amide bonds. The summed E-state index contributed by atoms with van der Waals surface area (Å²) in [7, 11) is 2.08. The summed E-state index contributed by atoms with van der Waals surface area (Å²) in [5.41, 5.74) is 0. The van der Waals surface area contributed by atoms with Crippen LogP contribution in [-0.4, -0.2) is 61.8 Å². The van der Waals surface area contributed by atoms with Crippen LogP contribution in [0.25, 0.3) is 0 Å². The maximum absolute atomic E-state index is 11.9. The van der Waals surface area contributed by atoms with E-state index < -0.39 is 47.7 Å². The van der Waals surface area contributed by atoms with Gasteiger partial charge in [0, 0.05) is 12.3 Å². The van der Waals surface area contributed by atoms with E-state index in [9.17, 15) is 29.1 Å². The zero-order valence-electron chi connectivity index (χ0n) is 14.6. The molecular formula is C15H23NO9. The van der Waals surface area contributed by atoms with Crippen molar-refractivity contribution in [3.05, 3.63) is 0 Å². The minimum absolute atomic E-state index is 0.162. The summed E-state index contributed by atoms with van der Waals surface area (Å²) < 4.78 is 13.6. The lowest BCUT2D eigenvalue weighted by atomic mass is 9.87. The largest absolute Gasteiger partial charge is 0.480 e. The zero-order valence-corrected chi connectivity index (χ0v) is 14.6. The molecule has 0 aliphatic rings. The summed E-state index contributed by atoms with van der Waals surface area (Å²) in [6.45, 7) is 3.07. The molecule has 0 rings (SSSR count). The molecule has 0 spiro atoms. The maximum atomic E-state index is 11.9. The van der Waals surface area contributed by atoms with E-state index in [1.807, 2.05) is 0 Å². The van der Waals surface area contributed by atoms with Crippen LogP contribution in [0.2, 0.25) is 0 Å². The standard InChI is InChI=1S/C15H23NO9/c1-5-25-10(18)7-6-9(17)16-12(13(19)20)8(2)11(14(21)23-3)15(22)24-4/h8,11-12H,5-7H2,1-4H3,(H,16,17)(H,19,20)/t8-,12+/m1/s1. The third-order valence-electron chi connectivity index (χ3n) is 3.41. The molecule has 10 nitrogen and oxygen atoms in total. The highest BCUT2D eigenvalue weighted by molar-refractivity contribution is 5.96. The number of hydrogen-bond donors (Lipinski definition) is 2. The molecule has 0 saturated carbocycles. The third-order valence-corrected chi connectivity index (χ3v) is 3.41. The monoisotopic (exact) mass is 361 g/mol. The second-order valence-corrected chi connectivity index (χ2v) is 5.07. The average molecular weight is 361 g/mol. The van der Waals surface area contributed by atoms with Crippen LogP contribution in [0.3, 0.4) is 0 Å². The summed E-state index contributed by atoms with van der Waals surface area (Å²) >= 11 is 0. The van der Waals surface area contributed by atoms with Gasteiger partial charge in [-0.15, -0.1) is 0 Å². The number of ether oxygens (including phenoxy) is 3. The van der Waals surface area contributed by atoms with Gasteiger partial charge in [0.1, 0.15) is 6.04 Å². The van der Waals surface area contributed by atoms with Crippen LogP contribution in [0.1, 0.15) is 26.7 Å². The minimum Gasteiger partial charge on any atom is -0.480 e. The van der Waals surface area contributed by atoms with Crippen LogP contribution in [0.5, 0.6) is 0 Å². The topological polar surface area (TPSA) is 145 Å². The lowest BCUT2D eigenvalue weighted by Gasteiger charge is -2.25. The Bertz CT molecular complexity index is 501. The molecule has 0 heterocycles. The summed E-state index contributed by atoms with van der Waals surface area (Å²) in [5, 5.41) is 11.5. The molecule has 0 unspecified atom stereocenters. The molecule has 2 atom stereocenters. The lowest BCUT2D eigenvalue weighted by Crippen LogP contribution is -2.50. The number of carbonyl (C=O) groups is 5. The van der Waals surface area contributed by atoms with Gasteiger partial charge in [-0.25, -0.2) is 4.79 Å². The van der Waals surface area contributed by atoms with Crippen molar-refractivity contribution in [2.24, 2.45) is 11.8 Å². The number of aliphatic carboxylic acids is 1. The number of esters is 3. The van der Waals surface area contributed by atoms with E-state index in [0.29, 0.717) is 0 Å². The van der Waals surface area contributed by atoms with Gasteiger partial charge < -0.3 is 24.6 Å². The summed E-state index contributed by atoms with van der Waals surface area (Å²) in [4.78, 5) is 58.0. The Hall–Kier alpha value is -2.65. The Balaban J connectivity index is 5.09. The van der Waals surface area contributed by atoms with Gasteiger partial charge >= 0.3 is 23.9 Å². The second kappa shape index (κ2) is 11.0. The van der Waals surface area contributed by atoms with E-state index in [4.69, 9.17) is 0 Å². The Kier molecular flexibility index (Phi) is 9.83. The van der Waals surface area contributed by atoms with Crippen molar-refractivity contribution in [2.45, 2.75) is 32.7 Å². The third kappa shape index (κ3) is 7.19. The van der Waals surface area contributed by atoms with Crippen LogP contribution >= 0.6 is 0 Å². The quantitative estimate of drug-likeness (QED) is 0.298. The Labute approximate surface area is 144 Å². The van der Waals surface area contributed by atoms with Crippen molar-refractivity contribution >= 4 is 29.8 Å². The number of carboxylic acid groups (broad SMARTS) is 1. The number of carboxylic acids is 1. The highest BCUT2D eigenvalue weighted by Crippen LogP contribution is 2.20. The number of hydrogen-bond acceptors (Lipinski definition) is 8. The predicted molar refractivity (Wildman–Crippen MR) is 82.1 cm³/mol. The minimum atomic E-state index is -1.56. The number of nitrogens with one attached hydrogen (secondary N) is 1. The van der Waals surface area contributed by atoms with Gasteiger partial charge in [-0.1, -0.05) is 6.92 Å². The normalized spacial score (nSPS) is 12.7. The first-order valence-electron chi connectivity index (χ1n) is 7.52. The van der Waals surface area contributed by atoms with E-state index in [0.717, 1.165) is 14.2 Å². The molecule has 10 heteroatoms. The summed E-state index contributed by atoms with van der Waals surface area (Å²) in [5.74, 6) is -7.42. The van der Waals surface area contributed by atoms with Gasteiger partial charge in [0.25, 0.3) is 0 Å². The Morgan fingerprint density at radius 3 is 1.92 bits per heavy atom. The average Bonchev–Trinajstić information content (AvgIpc) is 2.57. The molecule has 25 heavy (non-hydrogen) atoms. The molecule has 0 aromatic heterocycles. The van der Waals surface area contributed by atoms with Crippen molar-refractivity contribution in [3.63, 3.8) is 0 Å². The summed E-state index contributed by atoms with van der Waals surface area (Å²) in [6.07, 6.45) is -0.520. The van der Waals surface area contributed by atoms with E-state index in [1.54, 1.807) is 6.92 Å². The first-order chi connectivity index (χ1) is 11.7. The van der Waals surface area contributed by atoms with Crippen molar-refractivity contribution in [1.82, 2.24) is 5.32 Å². The predicted octanol–water partition coefficient (Wildman–Crippen LogP) is -0.503. The van der Waals surface area contributed by atoms with E-state index in [1.165, 1.54) is 6.92 Å². The number of amides is 1. The molecule has 0 aliphatic heterocycles. The molecular weight excluding hydrogens is 338 g/mol. The van der Waals surface area contributed by atoms with Gasteiger partial charge in [-0.05, 0) is 6.92 Å². The van der Waals surface area contributed by atoms with Crippen LogP contribution < -0.4 is 5.32 Å². The number of carbonyl (C=O) groups excluding carboxylic acids is 4. The molecule has 0 saturated heterocycles. The van der Waals surface area contributed by atoms with E-state index in [2.05, 4.69) is 19.5 Å². The number of methoxy groups -OCH3 is 2. The smallest absolute Gasteiger partial charge is 0.326 e. The van der Waals surface area contributed by atoms with E-state index >= 15 is 0 Å². The molecule has 0 aliphatic carbocycles. The van der Waals surface area contributed by atoms with Crippen molar-refractivity contribution in [3.8, 4) is 0 Å². The molecule has 2 N–H and O–H groups in total. The van der Waals surface area contributed by atoms with Gasteiger partial charge in [0.15, 0.2) is 5.92 Å². The highest BCUT2D eigenvalue weighted by Gasteiger charge is 2.41. The van der Waals surface area contributed by atoms with Crippen molar-refractivity contribution in [2.75, 3.05) is 20.8 Å². The van der Waals surface area contributed by atoms with Crippen molar-refractivity contribution in [1.29, 1.82) is 0 Å².